The molecule has 3 nitrogen and oxygen atoms in total. The number of hydrogen-bond donors (Lipinski definition) is 0. The maximum absolute atomic E-state index is 12.1. The average Bonchev–Trinajstić information content (AvgIpc) is 2.91. The van der Waals surface area contributed by atoms with Gasteiger partial charge in [0, 0.05) is 16.3 Å². The van der Waals surface area contributed by atoms with Gasteiger partial charge in [0.15, 0.2) is 5.78 Å². The van der Waals surface area contributed by atoms with Gasteiger partial charge in [0.25, 0.3) is 0 Å². The number of benzene rings is 2. The first-order valence-corrected chi connectivity index (χ1v) is 8.22. The first kappa shape index (κ1) is 15.8. The van der Waals surface area contributed by atoms with E-state index in [4.69, 9.17) is 9.15 Å². The van der Waals surface area contributed by atoms with Gasteiger partial charge in [-0.1, -0.05) is 28.1 Å². The fraction of sp³-hybridized carbons (Fsp3) is 0.211. The summed E-state index contributed by atoms with van der Waals surface area (Å²) in [5.41, 5.74) is 2.62. The van der Waals surface area contributed by atoms with Crippen molar-refractivity contribution in [1.29, 1.82) is 0 Å². The highest BCUT2D eigenvalue weighted by atomic mass is 79.9. The second-order valence-corrected chi connectivity index (χ2v) is 6.36. The molecule has 0 fully saturated rings. The summed E-state index contributed by atoms with van der Waals surface area (Å²) in [5.74, 6) is 1.62. The van der Waals surface area contributed by atoms with Gasteiger partial charge in [-0.2, -0.15) is 0 Å². The van der Waals surface area contributed by atoms with Crippen LogP contribution in [0.4, 0.5) is 0 Å². The minimum absolute atomic E-state index is 0.0339. The molecule has 1 heterocycles. The molecule has 0 amide bonds. The number of hydrogen-bond acceptors (Lipinski definition) is 3. The van der Waals surface area contributed by atoms with Gasteiger partial charge < -0.3 is 9.15 Å². The number of methoxy groups -OCH3 is 1. The van der Waals surface area contributed by atoms with Gasteiger partial charge in [0.05, 0.1) is 12.7 Å². The minimum Gasteiger partial charge on any atom is -0.497 e. The Hall–Kier alpha value is -2.07. The highest BCUT2D eigenvalue weighted by Crippen LogP contribution is 2.30. The molecule has 0 saturated heterocycles. The van der Waals surface area contributed by atoms with Crippen LogP contribution in [0.25, 0.3) is 11.0 Å². The van der Waals surface area contributed by atoms with Gasteiger partial charge in [-0.25, -0.2) is 0 Å². The Morgan fingerprint density at radius 2 is 1.87 bits per heavy atom. The van der Waals surface area contributed by atoms with Crippen LogP contribution >= 0.6 is 15.9 Å². The highest BCUT2D eigenvalue weighted by Gasteiger charge is 2.18. The molecule has 0 N–H and O–H groups in total. The minimum atomic E-state index is 0.0339. The molecule has 2 aromatic carbocycles. The highest BCUT2D eigenvalue weighted by molar-refractivity contribution is 9.10. The summed E-state index contributed by atoms with van der Waals surface area (Å²) in [5, 5.41) is 0.872. The van der Waals surface area contributed by atoms with Crippen LogP contribution < -0.4 is 4.74 Å². The monoisotopic (exact) mass is 372 g/mol. The van der Waals surface area contributed by atoms with Crippen molar-refractivity contribution >= 4 is 32.7 Å². The van der Waals surface area contributed by atoms with E-state index in [0.29, 0.717) is 12.0 Å². The fourth-order valence-corrected chi connectivity index (χ4v) is 3.09. The maximum atomic E-state index is 12.1. The second kappa shape index (κ2) is 6.59. The van der Waals surface area contributed by atoms with Crippen molar-refractivity contribution in [2.24, 2.45) is 0 Å². The van der Waals surface area contributed by atoms with Crippen LogP contribution in [0.1, 0.15) is 28.6 Å². The van der Waals surface area contributed by atoms with Gasteiger partial charge in [-0.05, 0) is 49.2 Å². The first-order valence-electron chi connectivity index (χ1n) is 7.43. The first-order chi connectivity index (χ1) is 11.1. The van der Waals surface area contributed by atoms with E-state index in [9.17, 15) is 4.79 Å². The molecule has 0 bridgehead atoms. The summed E-state index contributed by atoms with van der Waals surface area (Å²) >= 11 is 3.45. The van der Waals surface area contributed by atoms with Gasteiger partial charge in [-0.15, -0.1) is 0 Å². The van der Waals surface area contributed by atoms with E-state index in [-0.39, 0.29) is 5.78 Å². The molecule has 4 heteroatoms. The Kier molecular flexibility index (Phi) is 4.53. The van der Waals surface area contributed by atoms with Crippen LogP contribution in [0.2, 0.25) is 0 Å². The molecule has 0 aliphatic carbocycles. The van der Waals surface area contributed by atoms with E-state index in [1.54, 1.807) is 14.0 Å². The summed E-state index contributed by atoms with van der Waals surface area (Å²) in [7, 11) is 1.65. The third kappa shape index (κ3) is 3.32. The molecule has 118 valence electrons. The molecule has 0 aliphatic rings. The third-order valence-corrected chi connectivity index (χ3v) is 4.37. The van der Waals surface area contributed by atoms with Gasteiger partial charge in [0.1, 0.15) is 17.1 Å². The van der Waals surface area contributed by atoms with Crippen molar-refractivity contribution in [3.05, 3.63) is 63.8 Å². The van der Waals surface area contributed by atoms with Crippen LogP contribution in [0.3, 0.4) is 0 Å². The SMILES string of the molecule is COc1ccc(CCc2oc3ccc(Br)cc3c2C(C)=O)cc1. The Balaban J connectivity index is 1.89. The van der Waals surface area contributed by atoms with E-state index < -0.39 is 0 Å². The van der Waals surface area contributed by atoms with Crippen LogP contribution in [0.5, 0.6) is 5.75 Å². The number of Topliss-reactive ketones (excluding diaryl/α,β-unsaturated/α-hetero) is 1. The standard InChI is InChI=1S/C19H17BrO3/c1-12(21)19-16-11-14(20)6-10-17(16)23-18(19)9-5-13-3-7-15(22-2)8-4-13/h3-4,6-8,10-11H,5,9H2,1-2H3. The van der Waals surface area contributed by atoms with E-state index in [1.807, 2.05) is 42.5 Å². The van der Waals surface area contributed by atoms with Gasteiger partial charge in [0.2, 0.25) is 0 Å². The van der Waals surface area contributed by atoms with Crippen LogP contribution in [0.15, 0.2) is 51.4 Å². The van der Waals surface area contributed by atoms with E-state index in [0.717, 1.165) is 33.4 Å². The number of furan rings is 1. The molecular formula is C19H17BrO3. The molecule has 0 unspecified atom stereocenters. The lowest BCUT2D eigenvalue weighted by molar-refractivity contribution is 0.101. The Labute approximate surface area is 143 Å². The zero-order chi connectivity index (χ0) is 16.4. The number of fused-ring (bicyclic) bond motifs is 1. The Morgan fingerprint density at radius 1 is 1.13 bits per heavy atom. The zero-order valence-corrected chi connectivity index (χ0v) is 14.6. The average molecular weight is 373 g/mol. The summed E-state index contributed by atoms with van der Waals surface area (Å²) in [6, 6.07) is 13.7. The second-order valence-electron chi connectivity index (χ2n) is 5.44. The summed E-state index contributed by atoms with van der Waals surface area (Å²) in [4.78, 5) is 12.1. The lowest BCUT2D eigenvalue weighted by Gasteiger charge is -2.03. The predicted molar refractivity (Wildman–Crippen MR) is 94.3 cm³/mol. The Morgan fingerprint density at radius 3 is 2.52 bits per heavy atom. The van der Waals surface area contributed by atoms with Crippen molar-refractivity contribution in [2.75, 3.05) is 7.11 Å². The summed E-state index contributed by atoms with van der Waals surface area (Å²) in [6.07, 6.45) is 1.50. The third-order valence-electron chi connectivity index (χ3n) is 3.87. The van der Waals surface area contributed by atoms with Crippen molar-refractivity contribution < 1.29 is 13.9 Å². The summed E-state index contributed by atoms with van der Waals surface area (Å²) in [6.45, 7) is 1.59. The number of carbonyl (C=O) groups excluding carboxylic acids is 1. The molecule has 3 rings (SSSR count). The topological polar surface area (TPSA) is 39.4 Å². The molecule has 23 heavy (non-hydrogen) atoms. The lowest BCUT2D eigenvalue weighted by Crippen LogP contribution is -1.98. The zero-order valence-electron chi connectivity index (χ0n) is 13.1. The van der Waals surface area contributed by atoms with Gasteiger partial charge >= 0.3 is 0 Å². The molecule has 0 aliphatic heterocycles. The van der Waals surface area contributed by atoms with E-state index in [2.05, 4.69) is 15.9 Å². The van der Waals surface area contributed by atoms with Gasteiger partial charge in [-0.3, -0.25) is 4.79 Å². The van der Waals surface area contributed by atoms with Crippen molar-refractivity contribution in [3.63, 3.8) is 0 Å². The molecule has 0 spiro atoms. The lowest BCUT2D eigenvalue weighted by atomic mass is 10.0. The smallest absolute Gasteiger partial charge is 0.163 e. The van der Waals surface area contributed by atoms with Crippen molar-refractivity contribution in [2.45, 2.75) is 19.8 Å². The molecule has 0 saturated carbocycles. The molecular weight excluding hydrogens is 356 g/mol. The molecule has 1 aromatic heterocycles. The van der Waals surface area contributed by atoms with Crippen LogP contribution in [-0.4, -0.2) is 12.9 Å². The maximum Gasteiger partial charge on any atom is 0.163 e. The number of ether oxygens (including phenoxy) is 1. The van der Waals surface area contributed by atoms with Crippen LogP contribution in [0, 0.1) is 0 Å². The summed E-state index contributed by atoms with van der Waals surface area (Å²) < 4.78 is 12.0. The molecule has 0 radical (unpaired) electrons. The quantitative estimate of drug-likeness (QED) is 0.578. The fourth-order valence-electron chi connectivity index (χ4n) is 2.73. The van der Waals surface area contributed by atoms with Crippen molar-refractivity contribution in [3.8, 4) is 5.75 Å². The number of aryl methyl sites for hydroxylation is 2. The number of carbonyl (C=O) groups is 1. The number of rotatable bonds is 5. The normalized spacial score (nSPS) is 10.9. The predicted octanol–water partition coefficient (Wildman–Crippen LogP) is 5.19. The number of ketones is 1. The van der Waals surface area contributed by atoms with Crippen LogP contribution in [-0.2, 0) is 12.8 Å². The van der Waals surface area contributed by atoms with E-state index in [1.165, 1.54) is 5.56 Å². The Bertz CT molecular complexity index is 847. The van der Waals surface area contributed by atoms with Crippen molar-refractivity contribution in [1.82, 2.24) is 0 Å². The number of halogens is 1. The van der Waals surface area contributed by atoms with E-state index >= 15 is 0 Å². The largest absolute Gasteiger partial charge is 0.497 e. The molecule has 0 atom stereocenters. The molecule has 3 aromatic rings.